The summed E-state index contributed by atoms with van der Waals surface area (Å²) in [5.74, 6) is 0.600. The molecule has 3 heteroatoms. The maximum atomic E-state index is 12.4. The number of hydrogen-bond acceptors (Lipinski definition) is 2. The lowest BCUT2D eigenvalue weighted by atomic mass is 9.62. The van der Waals surface area contributed by atoms with Crippen LogP contribution in [0.1, 0.15) is 51.9 Å². The minimum Gasteiger partial charge on any atom is -0.341 e. The van der Waals surface area contributed by atoms with Gasteiger partial charge >= 0.3 is 0 Å². The molecule has 0 aromatic heterocycles. The topological polar surface area (TPSA) is 44.1 Å². The zero-order chi connectivity index (χ0) is 12.5. The highest BCUT2D eigenvalue weighted by atomic mass is 16.2. The standard InChI is InChI=1S/C14H22N2O/c1-11-8-14(9-11,10-15)13(17)16(2)12-6-4-3-5-7-12/h11-12H,3-9H2,1-2H3. The fourth-order valence-corrected chi connectivity index (χ4v) is 3.42. The van der Waals surface area contributed by atoms with Crippen LogP contribution in [0, 0.1) is 22.7 Å². The first-order chi connectivity index (χ1) is 8.09. The fourth-order valence-electron chi connectivity index (χ4n) is 3.42. The molecule has 0 bridgehead atoms. The Morgan fingerprint density at radius 2 is 1.88 bits per heavy atom. The summed E-state index contributed by atoms with van der Waals surface area (Å²) in [6.07, 6.45) is 7.45. The largest absolute Gasteiger partial charge is 0.341 e. The first kappa shape index (κ1) is 12.4. The Morgan fingerprint density at radius 3 is 2.35 bits per heavy atom. The van der Waals surface area contributed by atoms with Crippen molar-refractivity contribution in [3.8, 4) is 6.07 Å². The van der Waals surface area contributed by atoms with Gasteiger partial charge in [-0.3, -0.25) is 4.79 Å². The Bertz CT molecular complexity index is 333. The molecule has 0 atom stereocenters. The van der Waals surface area contributed by atoms with E-state index in [9.17, 15) is 10.1 Å². The van der Waals surface area contributed by atoms with E-state index in [2.05, 4.69) is 13.0 Å². The van der Waals surface area contributed by atoms with Crippen LogP contribution >= 0.6 is 0 Å². The molecule has 0 spiro atoms. The van der Waals surface area contributed by atoms with Crippen molar-refractivity contribution in [3.63, 3.8) is 0 Å². The van der Waals surface area contributed by atoms with Crippen molar-refractivity contribution in [1.29, 1.82) is 5.26 Å². The molecule has 2 saturated carbocycles. The average Bonchev–Trinajstić information content (AvgIpc) is 2.34. The smallest absolute Gasteiger partial charge is 0.243 e. The van der Waals surface area contributed by atoms with Crippen molar-refractivity contribution in [3.05, 3.63) is 0 Å². The third kappa shape index (κ3) is 2.18. The Morgan fingerprint density at radius 1 is 1.29 bits per heavy atom. The number of nitriles is 1. The van der Waals surface area contributed by atoms with E-state index in [1.54, 1.807) is 0 Å². The molecule has 0 radical (unpaired) electrons. The van der Waals surface area contributed by atoms with Crippen LogP contribution in [0.5, 0.6) is 0 Å². The van der Waals surface area contributed by atoms with Crippen LogP contribution in [0.25, 0.3) is 0 Å². The van der Waals surface area contributed by atoms with E-state index in [0.717, 1.165) is 25.7 Å². The van der Waals surface area contributed by atoms with Crippen molar-refractivity contribution >= 4 is 5.91 Å². The van der Waals surface area contributed by atoms with Crippen LogP contribution in [0.15, 0.2) is 0 Å². The molecular weight excluding hydrogens is 212 g/mol. The minimum absolute atomic E-state index is 0.0741. The normalized spacial score (nSPS) is 33.6. The van der Waals surface area contributed by atoms with Gasteiger partial charge in [0.1, 0.15) is 5.41 Å². The predicted octanol–water partition coefficient (Wildman–Crippen LogP) is 2.72. The van der Waals surface area contributed by atoms with Crippen molar-refractivity contribution in [1.82, 2.24) is 4.90 Å². The summed E-state index contributed by atoms with van der Waals surface area (Å²) in [5.41, 5.74) is -0.689. The maximum absolute atomic E-state index is 12.4. The van der Waals surface area contributed by atoms with E-state index in [1.807, 2.05) is 11.9 Å². The second-order valence-corrected chi connectivity index (χ2v) is 5.92. The summed E-state index contributed by atoms with van der Waals surface area (Å²) < 4.78 is 0. The van der Waals surface area contributed by atoms with Gasteiger partial charge in [-0.1, -0.05) is 26.2 Å². The van der Waals surface area contributed by atoms with E-state index in [-0.39, 0.29) is 5.91 Å². The lowest BCUT2D eigenvalue weighted by Crippen LogP contribution is -2.52. The molecule has 0 N–H and O–H groups in total. The summed E-state index contributed by atoms with van der Waals surface area (Å²) in [4.78, 5) is 14.3. The second kappa shape index (κ2) is 4.68. The summed E-state index contributed by atoms with van der Waals surface area (Å²) in [7, 11) is 1.89. The summed E-state index contributed by atoms with van der Waals surface area (Å²) >= 11 is 0. The van der Waals surface area contributed by atoms with Gasteiger partial charge in [-0.25, -0.2) is 0 Å². The third-order valence-corrected chi connectivity index (χ3v) is 4.46. The molecule has 0 aromatic carbocycles. The minimum atomic E-state index is -0.689. The molecule has 0 aliphatic heterocycles. The molecule has 2 aliphatic rings. The number of nitrogens with zero attached hydrogens (tertiary/aromatic N) is 2. The van der Waals surface area contributed by atoms with Gasteiger partial charge in [0.05, 0.1) is 6.07 Å². The van der Waals surface area contributed by atoms with Crippen molar-refractivity contribution < 1.29 is 4.79 Å². The highest BCUT2D eigenvalue weighted by molar-refractivity contribution is 5.86. The van der Waals surface area contributed by atoms with Crippen LogP contribution in [-0.2, 0) is 4.79 Å². The zero-order valence-corrected chi connectivity index (χ0v) is 10.9. The molecule has 0 aromatic rings. The second-order valence-electron chi connectivity index (χ2n) is 5.92. The number of carbonyl (C=O) groups is 1. The summed E-state index contributed by atoms with van der Waals surface area (Å²) in [6, 6.07) is 2.65. The average molecular weight is 234 g/mol. The van der Waals surface area contributed by atoms with Gasteiger partial charge in [0.25, 0.3) is 0 Å². The summed E-state index contributed by atoms with van der Waals surface area (Å²) in [6.45, 7) is 2.11. The highest BCUT2D eigenvalue weighted by Crippen LogP contribution is 2.46. The molecule has 2 aliphatic carbocycles. The highest BCUT2D eigenvalue weighted by Gasteiger charge is 2.50. The third-order valence-electron chi connectivity index (χ3n) is 4.46. The molecule has 2 rings (SSSR count). The maximum Gasteiger partial charge on any atom is 0.243 e. The Labute approximate surface area is 104 Å². The number of carbonyl (C=O) groups excluding carboxylic acids is 1. The van der Waals surface area contributed by atoms with Gasteiger partial charge in [0.2, 0.25) is 5.91 Å². The number of amides is 1. The van der Waals surface area contributed by atoms with E-state index >= 15 is 0 Å². The van der Waals surface area contributed by atoms with E-state index in [0.29, 0.717) is 12.0 Å². The van der Waals surface area contributed by atoms with Gasteiger partial charge in [0.15, 0.2) is 0 Å². The van der Waals surface area contributed by atoms with Gasteiger partial charge in [-0.2, -0.15) is 5.26 Å². The lowest BCUT2D eigenvalue weighted by molar-refractivity contribution is -0.146. The lowest BCUT2D eigenvalue weighted by Gasteiger charge is -2.44. The number of hydrogen-bond donors (Lipinski definition) is 0. The van der Waals surface area contributed by atoms with Gasteiger partial charge in [-0.05, 0) is 31.6 Å². The molecule has 0 heterocycles. The Hall–Kier alpha value is -1.04. The van der Waals surface area contributed by atoms with Gasteiger partial charge in [0, 0.05) is 13.1 Å². The van der Waals surface area contributed by atoms with E-state index in [1.165, 1.54) is 19.3 Å². The summed E-state index contributed by atoms with van der Waals surface area (Å²) in [5, 5.41) is 9.27. The molecule has 3 nitrogen and oxygen atoms in total. The number of rotatable bonds is 2. The van der Waals surface area contributed by atoms with Crippen LogP contribution in [-0.4, -0.2) is 23.9 Å². The monoisotopic (exact) mass is 234 g/mol. The SMILES string of the molecule is CC1CC(C#N)(C(=O)N(C)C2CCCCC2)C1. The first-order valence-corrected chi connectivity index (χ1v) is 6.77. The van der Waals surface area contributed by atoms with Gasteiger partial charge in [-0.15, -0.1) is 0 Å². The fraction of sp³-hybridized carbons (Fsp3) is 0.857. The van der Waals surface area contributed by atoms with Crippen LogP contribution in [0.4, 0.5) is 0 Å². The Balaban J connectivity index is 2.01. The first-order valence-electron chi connectivity index (χ1n) is 6.77. The predicted molar refractivity (Wildman–Crippen MR) is 66.1 cm³/mol. The van der Waals surface area contributed by atoms with E-state index in [4.69, 9.17) is 0 Å². The molecule has 0 saturated heterocycles. The molecule has 0 unspecified atom stereocenters. The van der Waals surface area contributed by atoms with E-state index < -0.39 is 5.41 Å². The molecule has 2 fully saturated rings. The van der Waals surface area contributed by atoms with Crippen molar-refractivity contribution in [2.45, 2.75) is 57.9 Å². The Kier molecular flexibility index (Phi) is 3.42. The molecule has 17 heavy (non-hydrogen) atoms. The zero-order valence-electron chi connectivity index (χ0n) is 10.9. The quantitative estimate of drug-likeness (QED) is 0.737. The van der Waals surface area contributed by atoms with Crippen LogP contribution in [0.2, 0.25) is 0 Å². The molecule has 94 valence electrons. The van der Waals surface area contributed by atoms with Crippen LogP contribution in [0.3, 0.4) is 0 Å². The van der Waals surface area contributed by atoms with Crippen molar-refractivity contribution in [2.24, 2.45) is 11.3 Å². The van der Waals surface area contributed by atoms with Crippen LogP contribution < -0.4 is 0 Å². The van der Waals surface area contributed by atoms with Crippen molar-refractivity contribution in [2.75, 3.05) is 7.05 Å². The molecule has 1 amide bonds. The van der Waals surface area contributed by atoms with Gasteiger partial charge < -0.3 is 4.90 Å². The molecular formula is C14H22N2O.